The van der Waals surface area contributed by atoms with Crippen molar-refractivity contribution in [3.8, 4) is 0 Å². The minimum absolute atomic E-state index is 0.298. The molecule has 0 aliphatic rings. The number of likely N-dealkylation sites (N-methyl/N-ethyl adjacent to an activating group) is 1. The molecular formula is C14H25N3O. The number of rotatable bonds is 9. The molecule has 1 rings (SSSR count). The van der Waals surface area contributed by atoms with Crippen LogP contribution in [0.15, 0.2) is 24.4 Å². The van der Waals surface area contributed by atoms with Gasteiger partial charge in [-0.1, -0.05) is 19.9 Å². The quantitative estimate of drug-likeness (QED) is 0.641. The molecular weight excluding hydrogens is 226 g/mol. The van der Waals surface area contributed by atoms with Crippen LogP contribution in [0.3, 0.4) is 0 Å². The predicted octanol–water partition coefficient (Wildman–Crippen LogP) is 0.916. The largest absolute Gasteiger partial charge is 0.390 e. The molecule has 0 bridgehead atoms. The van der Waals surface area contributed by atoms with Crippen molar-refractivity contribution in [1.29, 1.82) is 0 Å². The highest BCUT2D eigenvalue weighted by molar-refractivity contribution is 5.03. The molecule has 0 saturated carbocycles. The van der Waals surface area contributed by atoms with Gasteiger partial charge in [0.1, 0.15) is 0 Å². The summed E-state index contributed by atoms with van der Waals surface area (Å²) >= 11 is 0. The molecule has 102 valence electrons. The van der Waals surface area contributed by atoms with Crippen LogP contribution in [0.1, 0.15) is 19.5 Å². The van der Waals surface area contributed by atoms with Gasteiger partial charge in [-0.15, -0.1) is 0 Å². The Bertz CT molecular complexity index is 301. The molecule has 18 heavy (non-hydrogen) atoms. The van der Waals surface area contributed by atoms with Crippen molar-refractivity contribution in [2.75, 3.05) is 32.7 Å². The standard InChI is InChI=1S/C14H25N3O/c1-3-17(4-2)12-14(18)11-15-10-8-13-7-5-6-9-16-13/h5-7,9,14-15,18H,3-4,8,10-12H2,1-2H3. The molecule has 4 nitrogen and oxygen atoms in total. The Morgan fingerprint density at radius 2 is 2.11 bits per heavy atom. The van der Waals surface area contributed by atoms with Gasteiger partial charge in [0, 0.05) is 37.9 Å². The average Bonchev–Trinajstić information content (AvgIpc) is 2.42. The van der Waals surface area contributed by atoms with Crippen molar-refractivity contribution in [2.45, 2.75) is 26.4 Å². The van der Waals surface area contributed by atoms with Gasteiger partial charge in [-0.2, -0.15) is 0 Å². The van der Waals surface area contributed by atoms with Gasteiger partial charge in [0.2, 0.25) is 0 Å². The highest BCUT2D eigenvalue weighted by Gasteiger charge is 2.07. The Balaban J connectivity index is 2.10. The molecule has 0 saturated heterocycles. The van der Waals surface area contributed by atoms with Crippen LogP contribution in [-0.2, 0) is 6.42 Å². The summed E-state index contributed by atoms with van der Waals surface area (Å²) in [6.07, 6.45) is 2.41. The minimum atomic E-state index is -0.298. The van der Waals surface area contributed by atoms with Crippen LogP contribution in [-0.4, -0.2) is 53.8 Å². The first-order valence-electron chi connectivity index (χ1n) is 6.77. The summed E-state index contributed by atoms with van der Waals surface area (Å²) in [5, 5.41) is 13.1. The molecule has 0 aliphatic heterocycles. The lowest BCUT2D eigenvalue weighted by Gasteiger charge is -2.22. The van der Waals surface area contributed by atoms with Crippen LogP contribution in [0.4, 0.5) is 0 Å². The van der Waals surface area contributed by atoms with Gasteiger partial charge in [0.15, 0.2) is 0 Å². The summed E-state index contributed by atoms with van der Waals surface area (Å²) < 4.78 is 0. The number of aromatic nitrogens is 1. The van der Waals surface area contributed by atoms with E-state index in [1.54, 1.807) is 0 Å². The van der Waals surface area contributed by atoms with Crippen LogP contribution in [0.25, 0.3) is 0 Å². The van der Waals surface area contributed by atoms with E-state index in [9.17, 15) is 5.11 Å². The van der Waals surface area contributed by atoms with E-state index in [-0.39, 0.29) is 6.10 Å². The summed E-state index contributed by atoms with van der Waals surface area (Å²) in [6.45, 7) is 8.44. The summed E-state index contributed by atoms with van der Waals surface area (Å²) in [4.78, 5) is 6.49. The lowest BCUT2D eigenvalue weighted by Crippen LogP contribution is -2.38. The fourth-order valence-electron chi connectivity index (χ4n) is 1.88. The number of aliphatic hydroxyl groups excluding tert-OH is 1. The molecule has 1 heterocycles. The SMILES string of the molecule is CCN(CC)CC(O)CNCCc1ccccn1. The second-order valence-corrected chi connectivity index (χ2v) is 4.41. The molecule has 1 atom stereocenters. The molecule has 0 fully saturated rings. The molecule has 0 spiro atoms. The Morgan fingerprint density at radius 3 is 2.72 bits per heavy atom. The van der Waals surface area contributed by atoms with Crippen LogP contribution < -0.4 is 5.32 Å². The van der Waals surface area contributed by atoms with E-state index in [0.717, 1.165) is 38.3 Å². The second kappa shape index (κ2) is 9.03. The maximum Gasteiger partial charge on any atom is 0.0791 e. The van der Waals surface area contributed by atoms with Crippen LogP contribution in [0.2, 0.25) is 0 Å². The molecule has 1 aromatic heterocycles. The van der Waals surface area contributed by atoms with E-state index in [1.807, 2.05) is 24.4 Å². The first-order valence-corrected chi connectivity index (χ1v) is 6.77. The van der Waals surface area contributed by atoms with Crippen LogP contribution in [0.5, 0.6) is 0 Å². The van der Waals surface area contributed by atoms with E-state index in [1.165, 1.54) is 0 Å². The van der Waals surface area contributed by atoms with Gasteiger partial charge in [-0.25, -0.2) is 0 Å². The lowest BCUT2D eigenvalue weighted by molar-refractivity contribution is 0.117. The van der Waals surface area contributed by atoms with Crippen molar-refractivity contribution in [3.63, 3.8) is 0 Å². The molecule has 0 radical (unpaired) electrons. The third-order valence-electron chi connectivity index (χ3n) is 3.03. The van der Waals surface area contributed by atoms with Crippen molar-refractivity contribution in [3.05, 3.63) is 30.1 Å². The Kier molecular flexibility index (Phi) is 7.57. The van der Waals surface area contributed by atoms with E-state index in [4.69, 9.17) is 0 Å². The maximum atomic E-state index is 9.86. The minimum Gasteiger partial charge on any atom is -0.390 e. The first kappa shape index (κ1) is 15.1. The number of hydrogen-bond acceptors (Lipinski definition) is 4. The van der Waals surface area contributed by atoms with E-state index >= 15 is 0 Å². The zero-order valence-corrected chi connectivity index (χ0v) is 11.5. The Morgan fingerprint density at radius 1 is 1.33 bits per heavy atom. The van der Waals surface area contributed by atoms with Crippen molar-refractivity contribution in [1.82, 2.24) is 15.2 Å². The predicted molar refractivity (Wildman–Crippen MR) is 74.6 cm³/mol. The number of nitrogens with one attached hydrogen (secondary N) is 1. The third kappa shape index (κ3) is 6.10. The van der Waals surface area contributed by atoms with Gasteiger partial charge in [0.25, 0.3) is 0 Å². The van der Waals surface area contributed by atoms with Gasteiger partial charge < -0.3 is 15.3 Å². The lowest BCUT2D eigenvalue weighted by atomic mass is 10.2. The fraction of sp³-hybridized carbons (Fsp3) is 0.643. The van der Waals surface area contributed by atoms with Crippen molar-refractivity contribution < 1.29 is 5.11 Å². The highest BCUT2D eigenvalue weighted by Crippen LogP contribution is 1.94. The number of pyridine rings is 1. The maximum absolute atomic E-state index is 9.86. The van der Waals surface area contributed by atoms with E-state index in [2.05, 4.69) is 29.0 Å². The topological polar surface area (TPSA) is 48.4 Å². The molecule has 1 aromatic rings. The Labute approximate surface area is 110 Å². The summed E-state index contributed by atoms with van der Waals surface area (Å²) in [5.74, 6) is 0. The van der Waals surface area contributed by atoms with E-state index < -0.39 is 0 Å². The molecule has 2 N–H and O–H groups in total. The third-order valence-corrected chi connectivity index (χ3v) is 3.03. The first-order chi connectivity index (χ1) is 8.76. The molecule has 0 amide bonds. The number of hydrogen-bond donors (Lipinski definition) is 2. The highest BCUT2D eigenvalue weighted by atomic mass is 16.3. The second-order valence-electron chi connectivity index (χ2n) is 4.41. The molecule has 4 heteroatoms. The monoisotopic (exact) mass is 251 g/mol. The summed E-state index contributed by atoms with van der Waals surface area (Å²) in [5.41, 5.74) is 1.09. The normalized spacial score (nSPS) is 12.9. The van der Waals surface area contributed by atoms with Gasteiger partial charge in [-0.3, -0.25) is 4.98 Å². The van der Waals surface area contributed by atoms with E-state index in [0.29, 0.717) is 6.54 Å². The molecule has 0 aromatic carbocycles. The van der Waals surface area contributed by atoms with Crippen LogP contribution in [0, 0.1) is 0 Å². The average molecular weight is 251 g/mol. The van der Waals surface area contributed by atoms with Crippen LogP contribution >= 0.6 is 0 Å². The number of nitrogens with zero attached hydrogens (tertiary/aromatic N) is 2. The molecule has 0 aliphatic carbocycles. The fourth-order valence-corrected chi connectivity index (χ4v) is 1.88. The zero-order valence-electron chi connectivity index (χ0n) is 11.5. The van der Waals surface area contributed by atoms with Gasteiger partial charge >= 0.3 is 0 Å². The van der Waals surface area contributed by atoms with Gasteiger partial charge in [0.05, 0.1) is 6.10 Å². The summed E-state index contributed by atoms with van der Waals surface area (Å²) in [7, 11) is 0. The Hall–Kier alpha value is -0.970. The summed E-state index contributed by atoms with van der Waals surface area (Å²) in [6, 6.07) is 5.94. The molecule has 1 unspecified atom stereocenters. The van der Waals surface area contributed by atoms with Crippen molar-refractivity contribution >= 4 is 0 Å². The number of aliphatic hydroxyl groups is 1. The van der Waals surface area contributed by atoms with Crippen molar-refractivity contribution in [2.24, 2.45) is 0 Å². The van der Waals surface area contributed by atoms with Gasteiger partial charge in [-0.05, 0) is 25.2 Å². The zero-order chi connectivity index (χ0) is 13.2. The smallest absolute Gasteiger partial charge is 0.0791 e.